The largest absolute Gasteiger partial charge is 0.478 e. The van der Waals surface area contributed by atoms with E-state index >= 15 is 0 Å². The summed E-state index contributed by atoms with van der Waals surface area (Å²) in [5.41, 5.74) is 4.61. The summed E-state index contributed by atoms with van der Waals surface area (Å²) in [6.07, 6.45) is 1.84. The highest BCUT2D eigenvalue weighted by atomic mass is 35.5. The molecule has 0 saturated carbocycles. The summed E-state index contributed by atoms with van der Waals surface area (Å²) in [6, 6.07) is 25.7. The Morgan fingerprint density at radius 2 is 1.73 bits per heavy atom. The number of hydrogen-bond donors (Lipinski definition) is 1. The van der Waals surface area contributed by atoms with Crippen LogP contribution < -0.4 is 4.74 Å². The maximum atomic E-state index is 11.6. The van der Waals surface area contributed by atoms with Gasteiger partial charge in [0.05, 0.1) is 32.6 Å². The Bertz CT molecular complexity index is 1810. The van der Waals surface area contributed by atoms with Crippen molar-refractivity contribution in [1.29, 1.82) is 0 Å². The van der Waals surface area contributed by atoms with Crippen LogP contribution in [0.1, 0.15) is 21.5 Å². The minimum Gasteiger partial charge on any atom is -0.478 e. The number of carbonyl (C=O) groups is 1. The van der Waals surface area contributed by atoms with E-state index in [1.54, 1.807) is 47.1 Å². The second-order valence-electron chi connectivity index (χ2n) is 9.10. The Balaban J connectivity index is 1.20. The molecule has 0 aliphatic carbocycles. The molecule has 0 unspecified atom stereocenters. The van der Waals surface area contributed by atoms with Crippen LogP contribution >= 0.6 is 34.5 Å². The molecule has 0 radical (unpaired) electrons. The molecule has 0 bridgehead atoms. The highest BCUT2D eigenvalue weighted by Gasteiger charge is 2.24. The predicted molar refractivity (Wildman–Crippen MR) is 160 cm³/mol. The van der Waals surface area contributed by atoms with Crippen LogP contribution in [0.15, 0.2) is 101 Å². The number of hydrogen-bond acceptors (Lipinski definition) is 6. The Morgan fingerprint density at radius 3 is 2.46 bits per heavy atom. The van der Waals surface area contributed by atoms with Crippen molar-refractivity contribution in [1.82, 2.24) is 14.9 Å². The molecule has 3 heterocycles. The number of aromatic carboxylic acids is 1. The normalized spacial score (nSPS) is 11.1. The lowest BCUT2D eigenvalue weighted by Crippen LogP contribution is -2.03. The minimum absolute atomic E-state index is 0.141. The van der Waals surface area contributed by atoms with Crippen LogP contribution in [0.25, 0.3) is 33.0 Å². The van der Waals surface area contributed by atoms with Crippen molar-refractivity contribution < 1.29 is 19.2 Å². The highest BCUT2D eigenvalue weighted by molar-refractivity contribution is 7.13. The van der Waals surface area contributed by atoms with Gasteiger partial charge in [-0.2, -0.15) is 0 Å². The molecule has 0 saturated heterocycles. The zero-order valence-electron chi connectivity index (χ0n) is 21.3. The zero-order valence-corrected chi connectivity index (χ0v) is 23.7. The van der Waals surface area contributed by atoms with E-state index in [-0.39, 0.29) is 12.2 Å². The lowest BCUT2D eigenvalue weighted by Gasteiger charge is -2.08. The number of carboxylic acid groups (broad SMARTS) is 1. The van der Waals surface area contributed by atoms with Gasteiger partial charge in [-0.25, -0.2) is 4.79 Å². The van der Waals surface area contributed by atoms with Crippen LogP contribution in [0.3, 0.4) is 0 Å². The van der Waals surface area contributed by atoms with Gasteiger partial charge >= 0.3 is 5.97 Å². The van der Waals surface area contributed by atoms with E-state index in [0.717, 1.165) is 16.0 Å². The quantitative estimate of drug-likeness (QED) is 0.178. The molecular weight excluding hydrogens is 581 g/mol. The van der Waals surface area contributed by atoms with Crippen molar-refractivity contribution in [3.63, 3.8) is 0 Å². The van der Waals surface area contributed by atoms with Crippen molar-refractivity contribution in [2.45, 2.75) is 13.2 Å². The van der Waals surface area contributed by atoms with E-state index in [4.69, 9.17) is 32.5 Å². The molecule has 3 aromatic heterocycles. The Hall–Kier alpha value is -4.37. The van der Waals surface area contributed by atoms with E-state index in [9.17, 15) is 9.90 Å². The maximum absolute atomic E-state index is 11.6. The summed E-state index contributed by atoms with van der Waals surface area (Å²) in [4.78, 5) is 12.5. The molecule has 1 N–H and O–H groups in total. The summed E-state index contributed by atoms with van der Waals surface area (Å²) >= 11 is 14.5. The van der Waals surface area contributed by atoms with E-state index in [1.165, 1.54) is 11.3 Å². The number of carboxylic acids is 1. The summed E-state index contributed by atoms with van der Waals surface area (Å²) in [6.45, 7) is 0.653. The van der Waals surface area contributed by atoms with E-state index in [1.807, 2.05) is 54.0 Å². The maximum Gasteiger partial charge on any atom is 0.336 e. The molecule has 0 aliphatic heterocycles. The number of thiophene rings is 1. The number of nitrogens with zero attached hydrogens (tertiary/aromatic N) is 3. The lowest BCUT2D eigenvalue weighted by molar-refractivity contribution is 0.0697. The van der Waals surface area contributed by atoms with Crippen LogP contribution in [-0.2, 0) is 13.2 Å². The number of rotatable bonds is 9. The van der Waals surface area contributed by atoms with Crippen LogP contribution in [0.2, 0.25) is 10.0 Å². The topological polar surface area (TPSA) is 90.4 Å². The van der Waals surface area contributed by atoms with E-state index in [0.29, 0.717) is 50.6 Å². The summed E-state index contributed by atoms with van der Waals surface area (Å²) in [5, 5.41) is 21.3. The number of ether oxygens (including phenoxy) is 1. The summed E-state index contributed by atoms with van der Waals surface area (Å²) < 4.78 is 13.6. The first-order valence-electron chi connectivity index (χ1n) is 12.5. The molecular formula is C31H21Cl2N3O4S. The highest BCUT2D eigenvalue weighted by Crippen LogP contribution is 2.40. The second-order valence-corrected chi connectivity index (χ2v) is 10.9. The van der Waals surface area contributed by atoms with Gasteiger partial charge in [0.2, 0.25) is 5.88 Å². The van der Waals surface area contributed by atoms with Gasteiger partial charge in [-0.05, 0) is 46.3 Å². The van der Waals surface area contributed by atoms with Gasteiger partial charge in [-0.15, -0.1) is 16.4 Å². The van der Waals surface area contributed by atoms with Gasteiger partial charge in [-0.3, -0.25) is 4.68 Å². The number of halogens is 2. The average Bonchev–Trinajstić information content (AvgIpc) is 3.74. The standard InChI is InChI=1S/C31H21Cl2N3O4S/c32-24-7-3-8-25(33)28(24)29-23(30(40-35-29)26-9-4-16-41-26)18-39-27-14-15-36(34-27)17-19-10-12-20(13-11-19)21-5-1-2-6-22(21)31(37)38/h1-16H,17-18H2,(H,37,38). The van der Waals surface area contributed by atoms with Gasteiger partial charge in [0.25, 0.3) is 0 Å². The Labute approximate surface area is 249 Å². The second kappa shape index (κ2) is 11.6. The molecule has 10 heteroatoms. The fourth-order valence-corrected chi connectivity index (χ4v) is 5.82. The van der Waals surface area contributed by atoms with Gasteiger partial charge < -0.3 is 14.4 Å². The van der Waals surface area contributed by atoms with Crippen LogP contribution in [0, 0.1) is 0 Å². The lowest BCUT2D eigenvalue weighted by atomic mass is 9.99. The number of benzene rings is 3. The molecule has 204 valence electrons. The summed E-state index contributed by atoms with van der Waals surface area (Å²) in [7, 11) is 0. The van der Waals surface area contributed by atoms with Crippen LogP contribution in [0.5, 0.6) is 5.88 Å². The number of aromatic nitrogens is 3. The monoisotopic (exact) mass is 601 g/mol. The van der Waals surface area contributed by atoms with Crippen LogP contribution in [0.4, 0.5) is 0 Å². The molecule has 3 aromatic carbocycles. The van der Waals surface area contributed by atoms with Gasteiger partial charge in [-0.1, -0.05) is 83.0 Å². The van der Waals surface area contributed by atoms with Gasteiger partial charge in [0.15, 0.2) is 5.76 Å². The average molecular weight is 602 g/mol. The molecule has 41 heavy (non-hydrogen) atoms. The molecule has 0 spiro atoms. The molecule has 6 rings (SSSR count). The first-order chi connectivity index (χ1) is 20.0. The minimum atomic E-state index is -0.954. The predicted octanol–water partition coefficient (Wildman–Crippen LogP) is 8.57. The third-order valence-electron chi connectivity index (χ3n) is 6.48. The molecule has 6 aromatic rings. The first kappa shape index (κ1) is 26.8. The molecule has 0 atom stereocenters. The van der Waals surface area contributed by atoms with Crippen molar-refractivity contribution in [2.24, 2.45) is 0 Å². The van der Waals surface area contributed by atoms with Gasteiger partial charge in [0.1, 0.15) is 12.3 Å². The fourth-order valence-electron chi connectivity index (χ4n) is 4.52. The smallest absolute Gasteiger partial charge is 0.336 e. The Kier molecular flexibility index (Phi) is 7.61. The Morgan fingerprint density at radius 1 is 0.951 bits per heavy atom. The van der Waals surface area contributed by atoms with Crippen LogP contribution in [-0.4, -0.2) is 26.0 Å². The SMILES string of the molecule is O=C(O)c1ccccc1-c1ccc(Cn2ccc(OCc3c(-c4c(Cl)cccc4Cl)noc3-c3cccs3)n2)cc1. The zero-order chi connectivity index (χ0) is 28.3. The van der Waals surface area contributed by atoms with Crippen molar-refractivity contribution in [3.8, 4) is 38.9 Å². The summed E-state index contributed by atoms with van der Waals surface area (Å²) in [5.74, 6) is 0.0751. The third-order valence-corrected chi connectivity index (χ3v) is 7.98. The third kappa shape index (κ3) is 5.63. The molecule has 7 nitrogen and oxygen atoms in total. The fraction of sp³-hybridized carbons (Fsp3) is 0.0645. The van der Waals surface area contributed by atoms with Crippen molar-refractivity contribution in [2.75, 3.05) is 0 Å². The van der Waals surface area contributed by atoms with E-state index < -0.39 is 5.97 Å². The molecule has 0 aliphatic rings. The van der Waals surface area contributed by atoms with Gasteiger partial charge in [0, 0.05) is 17.8 Å². The molecule has 0 fully saturated rings. The molecule has 0 amide bonds. The van der Waals surface area contributed by atoms with Crippen molar-refractivity contribution >= 4 is 40.5 Å². The first-order valence-corrected chi connectivity index (χ1v) is 14.2. The van der Waals surface area contributed by atoms with Crippen molar-refractivity contribution in [3.05, 3.63) is 123 Å². The van der Waals surface area contributed by atoms with E-state index in [2.05, 4.69) is 10.3 Å².